The van der Waals surface area contributed by atoms with Crippen molar-refractivity contribution in [1.82, 2.24) is 15.4 Å². The number of aliphatic hydroxyl groups excluding tert-OH is 1. The second-order valence-corrected chi connectivity index (χ2v) is 4.32. The van der Waals surface area contributed by atoms with Crippen molar-refractivity contribution in [3.63, 3.8) is 0 Å². The maximum atomic E-state index is 12.1. The number of hydrogen-bond acceptors (Lipinski definition) is 6. The highest BCUT2D eigenvalue weighted by Gasteiger charge is 2.32. The molecule has 2 N–H and O–H groups in total. The van der Waals surface area contributed by atoms with E-state index in [1.54, 1.807) is 13.1 Å². The molecular formula is C11H17N3O4. The number of ether oxygens (including phenoxy) is 1. The van der Waals surface area contributed by atoms with Crippen molar-refractivity contribution in [2.45, 2.75) is 18.8 Å². The normalized spacial score (nSPS) is 23.3. The van der Waals surface area contributed by atoms with E-state index in [-0.39, 0.29) is 24.2 Å². The SMILES string of the molecule is COCc1cc(C(=O)N(C)[C@H]2CNC[C@@H]2O)no1. The molecule has 2 atom stereocenters. The summed E-state index contributed by atoms with van der Waals surface area (Å²) in [7, 11) is 3.19. The molecule has 1 saturated heterocycles. The van der Waals surface area contributed by atoms with E-state index in [2.05, 4.69) is 10.5 Å². The number of carbonyl (C=O) groups is 1. The first kappa shape index (κ1) is 13.0. The molecule has 1 aromatic heterocycles. The van der Waals surface area contributed by atoms with Crippen molar-refractivity contribution < 1.29 is 19.2 Å². The Balaban J connectivity index is 2.05. The molecule has 100 valence electrons. The molecule has 0 saturated carbocycles. The number of nitrogens with one attached hydrogen (secondary N) is 1. The van der Waals surface area contributed by atoms with Crippen LogP contribution in [0.5, 0.6) is 0 Å². The molecule has 0 aromatic carbocycles. The van der Waals surface area contributed by atoms with Gasteiger partial charge in [-0.05, 0) is 0 Å². The molecular weight excluding hydrogens is 238 g/mol. The monoisotopic (exact) mass is 255 g/mol. The summed E-state index contributed by atoms with van der Waals surface area (Å²) < 4.78 is 9.85. The van der Waals surface area contributed by atoms with Crippen LogP contribution in [0.4, 0.5) is 0 Å². The van der Waals surface area contributed by atoms with Crippen LogP contribution in [0.1, 0.15) is 16.2 Å². The van der Waals surface area contributed by atoms with E-state index in [1.807, 2.05) is 0 Å². The smallest absolute Gasteiger partial charge is 0.276 e. The summed E-state index contributed by atoms with van der Waals surface area (Å²) >= 11 is 0. The zero-order valence-corrected chi connectivity index (χ0v) is 10.4. The van der Waals surface area contributed by atoms with Crippen LogP contribution in [-0.2, 0) is 11.3 Å². The number of likely N-dealkylation sites (N-methyl/N-ethyl adjacent to an activating group) is 1. The molecule has 0 spiro atoms. The van der Waals surface area contributed by atoms with Crippen LogP contribution in [0.3, 0.4) is 0 Å². The molecule has 2 heterocycles. The molecule has 7 nitrogen and oxygen atoms in total. The van der Waals surface area contributed by atoms with Crippen LogP contribution < -0.4 is 5.32 Å². The maximum absolute atomic E-state index is 12.1. The molecule has 18 heavy (non-hydrogen) atoms. The summed E-state index contributed by atoms with van der Waals surface area (Å²) in [4.78, 5) is 13.6. The van der Waals surface area contributed by atoms with E-state index in [4.69, 9.17) is 9.26 Å². The molecule has 0 bridgehead atoms. The summed E-state index contributed by atoms with van der Waals surface area (Å²) in [5.74, 6) is 0.230. The van der Waals surface area contributed by atoms with Crippen molar-refractivity contribution in [2.75, 3.05) is 27.2 Å². The zero-order chi connectivity index (χ0) is 13.1. The molecule has 1 fully saturated rings. The molecule has 1 amide bonds. The zero-order valence-electron chi connectivity index (χ0n) is 10.4. The van der Waals surface area contributed by atoms with Crippen molar-refractivity contribution in [3.8, 4) is 0 Å². The van der Waals surface area contributed by atoms with Crippen LogP contribution in [0.2, 0.25) is 0 Å². The number of methoxy groups -OCH3 is 1. The molecule has 1 aliphatic rings. The Hall–Kier alpha value is -1.44. The van der Waals surface area contributed by atoms with Gasteiger partial charge in [-0.25, -0.2) is 0 Å². The van der Waals surface area contributed by atoms with Crippen molar-refractivity contribution >= 4 is 5.91 Å². The molecule has 0 radical (unpaired) electrons. The van der Waals surface area contributed by atoms with Crippen molar-refractivity contribution in [2.24, 2.45) is 0 Å². The van der Waals surface area contributed by atoms with Crippen LogP contribution in [-0.4, -0.2) is 60.5 Å². The van der Waals surface area contributed by atoms with E-state index in [9.17, 15) is 9.90 Å². The highest BCUT2D eigenvalue weighted by Crippen LogP contribution is 2.13. The minimum absolute atomic E-state index is 0.226. The first-order chi connectivity index (χ1) is 8.63. The molecule has 2 rings (SSSR count). The van der Waals surface area contributed by atoms with Gasteiger partial charge < -0.3 is 24.6 Å². The average molecular weight is 255 g/mol. The fraction of sp³-hybridized carbons (Fsp3) is 0.636. The molecule has 1 aromatic rings. The van der Waals surface area contributed by atoms with Gasteiger partial charge in [-0.1, -0.05) is 5.16 Å². The molecule has 1 aliphatic heterocycles. The summed E-state index contributed by atoms with van der Waals surface area (Å²) in [6.45, 7) is 1.35. The number of β-amino-alcohol motifs (C(OH)–C–C–N with tert-alkyl or cyclic N) is 1. The average Bonchev–Trinajstić information content (AvgIpc) is 2.97. The third kappa shape index (κ3) is 2.53. The van der Waals surface area contributed by atoms with Crippen molar-refractivity contribution in [3.05, 3.63) is 17.5 Å². The van der Waals surface area contributed by atoms with Gasteiger partial charge in [-0.2, -0.15) is 0 Å². The summed E-state index contributed by atoms with van der Waals surface area (Å²) in [5.41, 5.74) is 0.226. The number of carbonyl (C=O) groups excluding carboxylic acids is 1. The Morgan fingerprint density at radius 3 is 3.11 bits per heavy atom. The van der Waals surface area contributed by atoms with Crippen LogP contribution in [0.15, 0.2) is 10.6 Å². The lowest BCUT2D eigenvalue weighted by Crippen LogP contribution is -2.44. The van der Waals surface area contributed by atoms with E-state index in [0.29, 0.717) is 18.8 Å². The molecule has 0 aliphatic carbocycles. The minimum Gasteiger partial charge on any atom is -0.390 e. The minimum atomic E-state index is -0.552. The number of rotatable bonds is 4. The second kappa shape index (κ2) is 5.47. The predicted molar refractivity (Wildman–Crippen MR) is 62.0 cm³/mol. The lowest BCUT2D eigenvalue weighted by molar-refractivity contribution is 0.0571. The van der Waals surface area contributed by atoms with Gasteiger partial charge in [0.05, 0.1) is 12.1 Å². The number of amides is 1. The predicted octanol–water partition coefficient (Wildman–Crippen LogP) is -0.774. The number of aliphatic hydroxyl groups is 1. The van der Waals surface area contributed by atoms with E-state index in [0.717, 1.165) is 0 Å². The fourth-order valence-corrected chi connectivity index (χ4v) is 2.00. The lowest BCUT2D eigenvalue weighted by atomic mass is 10.2. The summed E-state index contributed by atoms with van der Waals surface area (Å²) in [5, 5.41) is 16.5. The lowest BCUT2D eigenvalue weighted by Gasteiger charge is -2.25. The van der Waals surface area contributed by atoms with Gasteiger partial charge in [0.25, 0.3) is 5.91 Å². The Kier molecular flexibility index (Phi) is 3.95. The van der Waals surface area contributed by atoms with Crippen LogP contribution >= 0.6 is 0 Å². The maximum Gasteiger partial charge on any atom is 0.276 e. The second-order valence-electron chi connectivity index (χ2n) is 4.32. The van der Waals surface area contributed by atoms with Gasteiger partial charge in [0.15, 0.2) is 11.5 Å². The standard InChI is InChI=1S/C11H17N3O4/c1-14(9-4-12-5-10(9)15)11(16)8-3-7(6-17-2)18-13-8/h3,9-10,12,15H,4-6H2,1-2H3/t9-,10-/m0/s1. The van der Waals surface area contributed by atoms with Gasteiger partial charge in [-0.15, -0.1) is 0 Å². The third-order valence-electron chi connectivity index (χ3n) is 3.03. The number of nitrogens with zero attached hydrogens (tertiary/aromatic N) is 2. The summed E-state index contributed by atoms with van der Waals surface area (Å²) in [6.07, 6.45) is -0.552. The topological polar surface area (TPSA) is 87.8 Å². The van der Waals surface area contributed by atoms with Gasteiger partial charge >= 0.3 is 0 Å². The largest absolute Gasteiger partial charge is 0.390 e. The fourth-order valence-electron chi connectivity index (χ4n) is 2.00. The van der Waals surface area contributed by atoms with Crippen LogP contribution in [0, 0.1) is 0 Å². The molecule has 7 heteroatoms. The Labute approximate surface area is 105 Å². The van der Waals surface area contributed by atoms with E-state index < -0.39 is 6.10 Å². The first-order valence-corrected chi connectivity index (χ1v) is 5.74. The third-order valence-corrected chi connectivity index (χ3v) is 3.03. The highest BCUT2D eigenvalue weighted by molar-refractivity contribution is 5.92. The van der Waals surface area contributed by atoms with Crippen molar-refractivity contribution in [1.29, 1.82) is 0 Å². The Bertz CT molecular complexity index is 420. The van der Waals surface area contributed by atoms with Crippen LogP contribution in [0.25, 0.3) is 0 Å². The quantitative estimate of drug-likeness (QED) is 0.734. The van der Waals surface area contributed by atoms with Gasteiger partial charge in [0, 0.05) is 33.3 Å². The number of hydrogen-bond donors (Lipinski definition) is 2. The van der Waals surface area contributed by atoms with Gasteiger partial charge in [0.2, 0.25) is 0 Å². The first-order valence-electron chi connectivity index (χ1n) is 5.74. The summed E-state index contributed by atoms with van der Waals surface area (Å²) in [6, 6.07) is 1.32. The highest BCUT2D eigenvalue weighted by atomic mass is 16.5. The van der Waals surface area contributed by atoms with Gasteiger partial charge in [0.1, 0.15) is 6.61 Å². The number of aromatic nitrogens is 1. The van der Waals surface area contributed by atoms with E-state index >= 15 is 0 Å². The Morgan fingerprint density at radius 1 is 1.72 bits per heavy atom. The molecule has 0 unspecified atom stereocenters. The van der Waals surface area contributed by atoms with Gasteiger partial charge in [-0.3, -0.25) is 4.79 Å². The van der Waals surface area contributed by atoms with E-state index in [1.165, 1.54) is 12.0 Å². The Morgan fingerprint density at radius 2 is 2.50 bits per heavy atom.